The molecule has 174 valence electrons. The Morgan fingerprint density at radius 1 is 1.33 bits per heavy atom. The van der Waals surface area contributed by atoms with Crippen LogP contribution < -0.4 is 5.32 Å². The second-order valence-corrected chi connectivity index (χ2v) is 8.36. The maximum absolute atomic E-state index is 12.7. The number of hydrogen-bond donors (Lipinski definition) is 1. The van der Waals surface area contributed by atoms with Crippen LogP contribution in [0.25, 0.3) is 0 Å². The molecule has 2 heterocycles. The topological polar surface area (TPSA) is 158 Å². The zero-order chi connectivity index (χ0) is 24.1. The summed E-state index contributed by atoms with van der Waals surface area (Å²) in [6.07, 6.45) is 1.54. The number of esters is 1. The highest BCUT2D eigenvalue weighted by Crippen LogP contribution is 2.37. The number of ketones is 1. The Balaban J connectivity index is 1.62. The summed E-state index contributed by atoms with van der Waals surface area (Å²) in [7, 11) is 1.18. The van der Waals surface area contributed by atoms with Gasteiger partial charge in [0.1, 0.15) is 30.8 Å². The van der Waals surface area contributed by atoms with Crippen molar-refractivity contribution in [2.75, 3.05) is 18.2 Å². The smallest absolute Gasteiger partial charge is 0.355 e. The number of carbonyl (C=O) groups is 4. The predicted octanol–water partition coefficient (Wildman–Crippen LogP) is 0.888. The predicted molar refractivity (Wildman–Crippen MR) is 119 cm³/mol. The van der Waals surface area contributed by atoms with E-state index in [4.69, 9.17) is 4.74 Å². The van der Waals surface area contributed by atoms with Crippen molar-refractivity contribution in [1.29, 1.82) is 0 Å². The molecule has 1 N–H and O–H groups in total. The van der Waals surface area contributed by atoms with E-state index in [-0.39, 0.29) is 23.3 Å². The van der Waals surface area contributed by atoms with Gasteiger partial charge in [0, 0.05) is 17.9 Å². The van der Waals surface area contributed by atoms with Gasteiger partial charge in [-0.25, -0.2) is 4.79 Å². The fourth-order valence-corrected chi connectivity index (χ4v) is 4.51. The van der Waals surface area contributed by atoms with Gasteiger partial charge in [-0.2, -0.15) is 0 Å². The number of nitro groups is 1. The van der Waals surface area contributed by atoms with Crippen molar-refractivity contribution >= 4 is 62.7 Å². The van der Waals surface area contributed by atoms with E-state index < -0.39 is 45.6 Å². The number of hydrogen-bond acceptors (Lipinski definition) is 10. The van der Waals surface area contributed by atoms with Crippen LogP contribution in [-0.2, 0) is 35.4 Å². The van der Waals surface area contributed by atoms with Crippen molar-refractivity contribution in [3.63, 3.8) is 0 Å². The molecule has 0 bridgehead atoms. The number of fused-ring (bicyclic) bond motifs is 1. The molecule has 33 heavy (non-hydrogen) atoms. The molecule has 0 aromatic heterocycles. The van der Waals surface area contributed by atoms with Gasteiger partial charge in [-0.1, -0.05) is 21.1 Å². The van der Waals surface area contributed by atoms with Crippen LogP contribution in [-0.4, -0.2) is 68.7 Å². The maximum Gasteiger partial charge on any atom is 0.355 e. The first-order chi connectivity index (χ1) is 15.8. The van der Waals surface area contributed by atoms with Gasteiger partial charge >= 0.3 is 5.97 Å². The molecule has 0 aliphatic carbocycles. The number of benzene rings is 1. The molecule has 2 atom stereocenters. The van der Waals surface area contributed by atoms with Crippen LogP contribution in [0.15, 0.2) is 41.2 Å². The molecule has 0 spiro atoms. The standard InChI is InChI=1S/C19H17BrN4O8S/c1-31-22-14(13(25)8-20)16(26)21-15-17(27)23-12(6-7-33-18(15)23)19(28)32-9-10-2-4-11(5-3-10)24(29)30/h2-6,15,18H,7-9H2,1H3,(H,21,26)/t15?,18-/m0/s1. The average Bonchev–Trinajstić information content (AvgIpc) is 2.83. The number of carbonyl (C=O) groups excluding carboxylic acids is 4. The van der Waals surface area contributed by atoms with Crippen molar-refractivity contribution < 1.29 is 33.7 Å². The third-order valence-corrected chi connectivity index (χ3v) is 6.34. The molecule has 1 aromatic rings. The van der Waals surface area contributed by atoms with Gasteiger partial charge in [-0.3, -0.25) is 29.4 Å². The first-order valence-corrected chi connectivity index (χ1v) is 11.5. The second-order valence-electron chi connectivity index (χ2n) is 6.65. The molecule has 1 saturated heterocycles. The summed E-state index contributed by atoms with van der Waals surface area (Å²) in [5, 5.41) is 15.9. The van der Waals surface area contributed by atoms with Crippen LogP contribution in [0.2, 0.25) is 0 Å². The van der Waals surface area contributed by atoms with E-state index in [0.717, 1.165) is 0 Å². The summed E-state index contributed by atoms with van der Waals surface area (Å²) in [6.45, 7) is -0.139. The zero-order valence-electron chi connectivity index (χ0n) is 17.1. The summed E-state index contributed by atoms with van der Waals surface area (Å²) in [5.74, 6) is -2.38. The minimum atomic E-state index is -0.959. The van der Waals surface area contributed by atoms with Gasteiger partial charge in [0.2, 0.25) is 11.5 Å². The number of Topliss-reactive ketones (excluding diaryl/α,β-unsaturated/α-hetero) is 1. The minimum Gasteiger partial charge on any atom is -0.456 e. The van der Waals surface area contributed by atoms with Gasteiger partial charge < -0.3 is 14.9 Å². The third-order valence-electron chi connectivity index (χ3n) is 4.64. The maximum atomic E-state index is 12.7. The minimum absolute atomic E-state index is 0.0403. The van der Waals surface area contributed by atoms with Gasteiger partial charge in [-0.05, 0) is 23.8 Å². The number of halogens is 1. The third kappa shape index (κ3) is 5.22. The number of oxime groups is 1. The number of nitrogens with one attached hydrogen (secondary N) is 1. The number of nitrogens with zero attached hydrogens (tertiary/aromatic N) is 3. The van der Waals surface area contributed by atoms with Gasteiger partial charge in [-0.15, -0.1) is 11.8 Å². The highest BCUT2D eigenvalue weighted by Gasteiger charge is 2.53. The molecule has 2 amide bonds. The number of thioether (sulfide) groups is 1. The van der Waals surface area contributed by atoms with Crippen molar-refractivity contribution in [1.82, 2.24) is 10.2 Å². The molecule has 0 saturated carbocycles. The molecule has 1 aromatic carbocycles. The Kier molecular flexibility index (Phi) is 7.81. The van der Waals surface area contributed by atoms with Crippen molar-refractivity contribution in [2.24, 2.45) is 5.16 Å². The number of alkyl halides is 1. The molecular formula is C19H17BrN4O8S. The number of rotatable bonds is 9. The van der Waals surface area contributed by atoms with E-state index in [0.29, 0.717) is 11.3 Å². The van der Waals surface area contributed by atoms with Crippen molar-refractivity contribution in [3.05, 3.63) is 51.7 Å². The normalized spacial score (nSPS) is 19.6. The van der Waals surface area contributed by atoms with E-state index in [1.165, 1.54) is 48.0 Å². The summed E-state index contributed by atoms with van der Waals surface area (Å²) in [5.41, 5.74) is 0.00620. The lowest BCUT2D eigenvalue weighted by molar-refractivity contribution is -0.384. The van der Waals surface area contributed by atoms with Crippen molar-refractivity contribution in [3.8, 4) is 0 Å². The number of amides is 2. The number of β-lactam (4-membered cyclic amide) rings is 1. The van der Waals surface area contributed by atoms with Crippen LogP contribution in [0.4, 0.5) is 5.69 Å². The van der Waals surface area contributed by atoms with Gasteiger partial charge in [0.15, 0.2) is 0 Å². The van der Waals surface area contributed by atoms with Crippen LogP contribution in [0.3, 0.4) is 0 Å². The second kappa shape index (κ2) is 10.6. The van der Waals surface area contributed by atoms with Crippen LogP contribution in [0, 0.1) is 10.1 Å². The molecular weight excluding hydrogens is 524 g/mol. The van der Waals surface area contributed by atoms with E-state index in [9.17, 15) is 29.3 Å². The first kappa shape index (κ1) is 24.4. The SMILES string of the molecule is CON=C(C(=O)CBr)C(=O)NC1C(=O)N2C(C(=O)OCc3ccc([N+](=O)[O-])cc3)=CCS[C@@H]12. The Labute approximate surface area is 199 Å². The van der Waals surface area contributed by atoms with E-state index in [2.05, 4.69) is 31.2 Å². The quantitative estimate of drug-likeness (QED) is 0.0912. The number of ether oxygens (including phenoxy) is 1. The molecule has 12 nitrogen and oxygen atoms in total. The van der Waals surface area contributed by atoms with Gasteiger partial charge in [0.05, 0.1) is 10.3 Å². The summed E-state index contributed by atoms with van der Waals surface area (Å²) < 4.78 is 5.25. The highest BCUT2D eigenvalue weighted by molar-refractivity contribution is 9.09. The summed E-state index contributed by atoms with van der Waals surface area (Å²) >= 11 is 4.27. The van der Waals surface area contributed by atoms with Crippen LogP contribution in [0.1, 0.15) is 5.56 Å². The molecule has 2 aliphatic heterocycles. The highest BCUT2D eigenvalue weighted by atomic mass is 79.9. The molecule has 0 radical (unpaired) electrons. The van der Waals surface area contributed by atoms with E-state index in [1.54, 1.807) is 6.08 Å². The first-order valence-electron chi connectivity index (χ1n) is 9.35. The number of nitro benzene ring substituents is 1. The fourth-order valence-electron chi connectivity index (χ4n) is 3.05. The zero-order valence-corrected chi connectivity index (χ0v) is 19.5. The lowest BCUT2D eigenvalue weighted by Crippen LogP contribution is -2.70. The molecule has 14 heteroatoms. The lowest BCUT2D eigenvalue weighted by atomic mass is 10.0. The molecule has 1 fully saturated rings. The van der Waals surface area contributed by atoms with Crippen molar-refractivity contribution in [2.45, 2.75) is 18.0 Å². The monoisotopic (exact) mass is 540 g/mol. The Morgan fingerprint density at radius 3 is 2.64 bits per heavy atom. The summed E-state index contributed by atoms with van der Waals surface area (Å²) in [4.78, 5) is 65.4. The van der Waals surface area contributed by atoms with E-state index in [1.807, 2.05) is 0 Å². The van der Waals surface area contributed by atoms with E-state index >= 15 is 0 Å². The van der Waals surface area contributed by atoms with Crippen LogP contribution in [0.5, 0.6) is 0 Å². The fraction of sp³-hybridized carbons (Fsp3) is 0.316. The largest absolute Gasteiger partial charge is 0.456 e. The van der Waals surface area contributed by atoms with Crippen LogP contribution >= 0.6 is 27.7 Å². The molecule has 1 unspecified atom stereocenters. The average molecular weight is 541 g/mol. The lowest BCUT2D eigenvalue weighted by Gasteiger charge is -2.48. The number of non-ortho nitro benzene ring substituents is 1. The summed E-state index contributed by atoms with van der Waals surface area (Å²) in [6, 6.07) is 4.56. The Morgan fingerprint density at radius 2 is 2.03 bits per heavy atom. The Hall–Kier alpha value is -3.26. The molecule has 3 rings (SSSR count). The van der Waals surface area contributed by atoms with Gasteiger partial charge in [0.25, 0.3) is 17.5 Å². The Bertz CT molecular complexity index is 1060. The molecule has 2 aliphatic rings.